The molecule has 3 rings (SSSR count). The Bertz CT molecular complexity index is 594. The first kappa shape index (κ1) is 11.8. The van der Waals surface area contributed by atoms with Gasteiger partial charge in [0.2, 0.25) is 0 Å². The van der Waals surface area contributed by atoms with Crippen LogP contribution in [-0.4, -0.2) is 14.8 Å². The van der Waals surface area contributed by atoms with E-state index in [1.807, 2.05) is 6.92 Å². The molecule has 0 bridgehead atoms. The van der Waals surface area contributed by atoms with Crippen LogP contribution in [0.4, 0.5) is 5.69 Å². The number of nitrogen functional groups attached to an aromatic ring is 1. The van der Waals surface area contributed by atoms with Crippen LogP contribution in [-0.2, 0) is 0 Å². The lowest BCUT2D eigenvalue weighted by atomic mass is 10.2. The summed E-state index contributed by atoms with van der Waals surface area (Å²) in [6, 6.07) is 4.07. The summed E-state index contributed by atoms with van der Waals surface area (Å²) < 4.78 is 2.14. The van der Waals surface area contributed by atoms with Gasteiger partial charge in [0.05, 0.1) is 15.7 Å². The zero-order chi connectivity index (χ0) is 12.9. The number of hydrogen-bond acceptors (Lipinski definition) is 3. The molecule has 1 aliphatic rings. The Morgan fingerprint density at radius 3 is 2.39 bits per heavy atom. The van der Waals surface area contributed by atoms with Crippen molar-refractivity contribution in [3.8, 4) is 11.4 Å². The van der Waals surface area contributed by atoms with E-state index in [4.69, 9.17) is 28.9 Å². The van der Waals surface area contributed by atoms with Crippen molar-refractivity contribution in [2.45, 2.75) is 25.8 Å². The Morgan fingerprint density at radius 1 is 1.22 bits per heavy atom. The Labute approximate surface area is 115 Å². The normalized spacial score (nSPS) is 15.1. The van der Waals surface area contributed by atoms with Crippen molar-refractivity contribution in [3.63, 3.8) is 0 Å². The summed E-state index contributed by atoms with van der Waals surface area (Å²) in [5.74, 6) is 1.72. The number of rotatable bonds is 2. The van der Waals surface area contributed by atoms with Crippen LogP contribution in [0.25, 0.3) is 11.4 Å². The number of hydrogen-bond donors (Lipinski definition) is 1. The maximum absolute atomic E-state index is 6.06. The van der Waals surface area contributed by atoms with Gasteiger partial charge >= 0.3 is 0 Å². The molecule has 0 saturated heterocycles. The molecule has 2 N–H and O–H groups in total. The second kappa shape index (κ2) is 4.14. The molecule has 0 unspecified atom stereocenters. The fourth-order valence-corrected chi connectivity index (χ4v) is 2.54. The number of aromatic nitrogens is 3. The fourth-order valence-electron chi connectivity index (χ4n) is 2.05. The molecule has 94 valence electrons. The highest BCUT2D eigenvalue weighted by Crippen LogP contribution is 2.40. The molecule has 4 nitrogen and oxygen atoms in total. The van der Waals surface area contributed by atoms with Gasteiger partial charge < -0.3 is 10.3 Å². The Balaban J connectivity index is 2.15. The Kier molecular flexibility index (Phi) is 2.72. The Morgan fingerprint density at radius 2 is 1.83 bits per heavy atom. The summed E-state index contributed by atoms with van der Waals surface area (Å²) in [7, 11) is 0. The van der Waals surface area contributed by atoms with Crippen molar-refractivity contribution in [2.24, 2.45) is 0 Å². The molecule has 0 aliphatic heterocycles. The van der Waals surface area contributed by atoms with Crippen molar-refractivity contribution < 1.29 is 0 Å². The number of halogens is 2. The van der Waals surface area contributed by atoms with Gasteiger partial charge in [-0.05, 0) is 31.9 Å². The highest BCUT2D eigenvalue weighted by molar-refractivity contribution is 6.39. The lowest BCUT2D eigenvalue weighted by Gasteiger charge is -2.09. The maximum atomic E-state index is 6.06. The lowest BCUT2D eigenvalue weighted by molar-refractivity contribution is 0.717. The first-order valence-corrected chi connectivity index (χ1v) is 6.50. The Hall–Kier alpha value is -1.26. The number of benzene rings is 1. The van der Waals surface area contributed by atoms with E-state index < -0.39 is 0 Å². The average Bonchev–Trinajstić information content (AvgIpc) is 3.09. The number of anilines is 1. The van der Waals surface area contributed by atoms with Crippen molar-refractivity contribution in [3.05, 3.63) is 28.0 Å². The summed E-state index contributed by atoms with van der Waals surface area (Å²) in [5, 5.41) is 9.24. The summed E-state index contributed by atoms with van der Waals surface area (Å²) in [4.78, 5) is 0. The molecule has 1 aliphatic carbocycles. The van der Waals surface area contributed by atoms with Crippen LogP contribution in [0.1, 0.15) is 24.7 Å². The number of nitrogens with two attached hydrogens (primary N) is 1. The summed E-state index contributed by atoms with van der Waals surface area (Å²) in [6.07, 6.45) is 2.34. The molecule has 1 aromatic carbocycles. The molecule has 6 heteroatoms. The van der Waals surface area contributed by atoms with Crippen LogP contribution in [0.2, 0.25) is 10.0 Å². The van der Waals surface area contributed by atoms with Crippen LogP contribution >= 0.6 is 23.2 Å². The molecule has 1 saturated carbocycles. The van der Waals surface area contributed by atoms with Gasteiger partial charge in [-0.3, -0.25) is 0 Å². The molecule has 1 aromatic heterocycles. The molecular formula is C12H12Cl2N4. The monoisotopic (exact) mass is 282 g/mol. The first-order chi connectivity index (χ1) is 8.58. The zero-order valence-corrected chi connectivity index (χ0v) is 11.3. The van der Waals surface area contributed by atoms with Crippen molar-refractivity contribution in [1.82, 2.24) is 14.8 Å². The van der Waals surface area contributed by atoms with Gasteiger partial charge in [0.1, 0.15) is 5.82 Å². The highest BCUT2D eigenvalue weighted by Gasteiger charge is 2.28. The molecule has 1 fully saturated rings. The van der Waals surface area contributed by atoms with Gasteiger partial charge in [0.25, 0.3) is 0 Å². The standard InChI is InChI=1S/C12H12Cl2N4/c1-6-16-17-12(18(6)8-2-3-8)7-4-9(13)11(15)10(14)5-7/h4-5,8H,2-3,15H2,1H3. The third-order valence-electron chi connectivity index (χ3n) is 3.12. The molecule has 0 radical (unpaired) electrons. The molecule has 2 aromatic rings. The summed E-state index contributed by atoms with van der Waals surface area (Å²) in [6.45, 7) is 1.95. The van der Waals surface area contributed by atoms with Crippen molar-refractivity contribution in [1.29, 1.82) is 0 Å². The van der Waals surface area contributed by atoms with E-state index in [-0.39, 0.29) is 0 Å². The lowest BCUT2D eigenvalue weighted by Crippen LogP contribution is -2.00. The van der Waals surface area contributed by atoms with Crippen LogP contribution in [0.3, 0.4) is 0 Å². The third kappa shape index (κ3) is 1.85. The minimum Gasteiger partial charge on any atom is -0.396 e. The summed E-state index contributed by atoms with van der Waals surface area (Å²) in [5.41, 5.74) is 6.99. The third-order valence-corrected chi connectivity index (χ3v) is 3.74. The predicted molar refractivity (Wildman–Crippen MR) is 72.9 cm³/mol. The first-order valence-electron chi connectivity index (χ1n) is 5.74. The van der Waals surface area contributed by atoms with Gasteiger partial charge in [-0.15, -0.1) is 10.2 Å². The van der Waals surface area contributed by atoms with E-state index in [1.165, 1.54) is 12.8 Å². The van der Waals surface area contributed by atoms with Crippen molar-refractivity contribution >= 4 is 28.9 Å². The van der Waals surface area contributed by atoms with Gasteiger partial charge in [-0.2, -0.15) is 0 Å². The van der Waals surface area contributed by atoms with E-state index in [2.05, 4.69) is 14.8 Å². The van der Waals surface area contributed by atoms with Gasteiger partial charge in [0.15, 0.2) is 5.82 Å². The maximum Gasteiger partial charge on any atom is 0.164 e. The van der Waals surface area contributed by atoms with Gasteiger partial charge in [0, 0.05) is 11.6 Å². The highest BCUT2D eigenvalue weighted by atomic mass is 35.5. The minimum atomic E-state index is 0.399. The quantitative estimate of drug-likeness (QED) is 0.858. The van der Waals surface area contributed by atoms with E-state index >= 15 is 0 Å². The van der Waals surface area contributed by atoms with E-state index in [0.717, 1.165) is 17.2 Å². The molecule has 18 heavy (non-hydrogen) atoms. The fraction of sp³-hybridized carbons (Fsp3) is 0.333. The SMILES string of the molecule is Cc1nnc(-c2cc(Cl)c(N)c(Cl)c2)n1C1CC1. The zero-order valence-electron chi connectivity index (χ0n) is 9.82. The number of aryl methyl sites for hydroxylation is 1. The summed E-state index contributed by atoms with van der Waals surface area (Å²) >= 11 is 12.1. The molecule has 0 atom stereocenters. The molecule has 0 spiro atoms. The van der Waals surface area contributed by atoms with Crippen LogP contribution in [0, 0.1) is 6.92 Å². The van der Waals surface area contributed by atoms with E-state index in [0.29, 0.717) is 21.8 Å². The molecular weight excluding hydrogens is 271 g/mol. The number of nitrogens with zero attached hydrogens (tertiary/aromatic N) is 3. The smallest absolute Gasteiger partial charge is 0.164 e. The van der Waals surface area contributed by atoms with Crippen LogP contribution in [0.5, 0.6) is 0 Å². The van der Waals surface area contributed by atoms with Crippen LogP contribution in [0.15, 0.2) is 12.1 Å². The van der Waals surface area contributed by atoms with Gasteiger partial charge in [-0.1, -0.05) is 23.2 Å². The largest absolute Gasteiger partial charge is 0.396 e. The molecule has 1 heterocycles. The molecule has 0 amide bonds. The van der Waals surface area contributed by atoms with Gasteiger partial charge in [-0.25, -0.2) is 0 Å². The predicted octanol–water partition coefficient (Wildman–Crippen LogP) is 3.48. The minimum absolute atomic E-state index is 0.399. The van der Waals surface area contributed by atoms with Crippen molar-refractivity contribution in [2.75, 3.05) is 5.73 Å². The second-order valence-electron chi connectivity index (χ2n) is 4.53. The second-order valence-corrected chi connectivity index (χ2v) is 5.34. The van der Waals surface area contributed by atoms with E-state index in [9.17, 15) is 0 Å². The average molecular weight is 283 g/mol. The van der Waals surface area contributed by atoms with Crippen LogP contribution < -0.4 is 5.73 Å². The van der Waals surface area contributed by atoms with E-state index in [1.54, 1.807) is 12.1 Å². The topological polar surface area (TPSA) is 56.7 Å².